The zero-order valence-corrected chi connectivity index (χ0v) is 17.4. The molecule has 1 saturated heterocycles. The smallest absolute Gasteiger partial charge is 0.260 e. The van der Waals surface area contributed by atoms with Gasteiger partial charge in [0.15, 0.2) is 6.61 Å². The predicted octanol–water partition coefficient (Wildman–Crippen LogP) is 4.18. The van der Waals surface area contributed by atoms with Crippen molar-refractivity contribution in [2.45, 2.75) is 51.1 Å². The average molecular weight is 407 g/mol. The molecule has 2 atom stereocenters. The number of rotatable bonds is 6. The second-order valence-electron chi connectivity index (χ2n) is 8.33. The average Bonchev–Trinajstić information content (AvgIpc) is 2.81. The second-order valence-corrected chi connectivity index (χ2v) is 8.33. The number of hydrogen-bond acceptors (Lipinski definition) is 3. The summed E-state index contributed by atoms with van der Waals surface area (Å²) in [6.07, 6.45) is 7.20. The maximum Gasteiger partial charge on any atom is 0.260 e. The quantitative estimate of drug-likeness (QED) is 0.783. The summed E-state index contributed by atoms with van der Waals surface area (Å²) in [5, 5.41) is 2.92. The number of ether oxygens (including phenoxy) is 1. The maximum atomic E-state index is 12.8. The fraction of sp³-hybridized carbons (Fsp3) is 0.440. The molecule has 2 aliphatic rings. The largest absolute Gasteiger partial charge is 0.484 e. The van der Waals surface area contributed by atoms with E-state index < -0.39 is 0 Å². The lowest BCUT2D eigenvalue weighted by Gasteiger charge is -2.44. The van der Waals surface area contributed by atoms with Crippen LogP contribution >= 0.6 is 0 Å². The number of carbonyl (C=O) groups excluding carboxylic acids is 2. The Hall–Kier alpha value is -2.82. The monoisotopic (exact) mass is 406 g/mol. The molecule has 2 amide bonds. The van der Waals surface area contributed by atoms with Gasteiger partial charge in [-0.2, -0.15) is 0 Å². The van der Waals surface area contributed by atoms with Crippen LogP contribution < -0.4 is 10.1 Å². The number of nitrogens with zero attached hydrogens (tertiary/aromatic N) is 1. The second kappa shape index (κ2) is 9.79. The number of hydrogen-bond donors (Lipinski definition) is 1. The van der Waals surface area contributed by atoms with Gasteiger partial charge in [-0.1, -0.05) is 49.2 Å². The van der Waals surface area contributed by atoms with Crippen LogP contribution in [0.3, 0.4) is 0 Å². The predicted molar refractivity (Wildman–Crippen MR) is 116 cm³/mol. The number of benzene rings is 2. The first kappa shape index (κ1) is 20.5. The molecule has 1 aliphatic carbocycles. The zero-order chi connectivity index (χ0) is 20.8. The molecule has 1 N–H and O–H groups in total. The van der Waals surface area contributed by atoms with E-state index in [1.807, 2.05) is 35.2 Å². The number of piperidine rings is 1. The molecule has 0 bridgehead atoms. The Balaban J connectivity index is 1.31. The van der Waals surface area contributed by atoms with Crippen molar-refractivity contribution in [3.05, 3.63) is 65.7 Å². The lowest BCUT2D eigenvalue weighted by molar-refractivity contribution is -0.139. The van der Waals surface area contributed by atoms with Gasteiger partial charge in [-0.25, -0.2) is 0 Å². The Labute approximate surface area is 178 Å². The third-order valence-corrected chi connectivity index (χ3v) is 6.32. The van der Waals surface area contributed by atoms with Crippen molar-refractivity contribution in [3.8, 4) is 5.75 Å². The van der Waals surface area contributed by atoms with Gasteiger partial charge in [0.25, 0.3) is 11.8 Å². The molecule has 1 heterocycles. The first-order chi connectivity index (χ1) is 14.7. The van der Waals surface area contributed by atoms with E-state index >= 15 is 0 Å². The summed E-state index contributed by atoms with van der Waals surface area (Å²) >= 11 is 0. The van der Waals surface area contributed by atoms with E-state index in [4.69, 9.17) is 4.74 Å². The fourth-order valence-electron chi connectivity index (χ4n) is 4.77. The van der Waals surface area contributed by atoms with Crippen LogP contribution in [0.5, 0.6) is 5.75 Å². The van der Waals surface area contributed by atoms with Crippen molar-refractivity contribution < 1.29 is 14.3 Å². The van der Waals surface area contributed by atoms with Crippen molar-refractivity contribution >= 4 is 11.8 Å². The molecule has 0 spiro atoms. The van der Waals surface area contributed by atoms with E-state index in [-0.39, 0.29) is 18.4 Å². The molecule has 0 unspecified atom stereocenters. The third kappa shape index (κ3) is 5.02. The normalized spacial score (nSPS) is 20.9. The Bertz CT molecular complexity index is 866. The lowest BCUT2D eigenvalue weighted by Crippen LogP contribution is -2.51. The Morgan fingerprint density at radius 1 is 0.967 bits per heavy atom. The lowest BCUT2D eigenvalue weighted by atomic mass is 9.78. The van der Waals surface area contributed by atoms with Crippen molar-refractivity contribution in [2.75, 3.05) is 13.2 Å². The summed E-state index contributed by atoms with van der Waals surface area (Å²) in [6.45, 7) is 1.34. The highest BCUT2D eigenvalue weighted by atomic mass is 16.5. The van der Waals surface area contributed by atoms with E-state index in [1.54, 1.807) is 24.3 Å². The minimum Gasteiger partial charge on any atom is -0.484 e. The van der Waals surface area contributed by atoms with Crippen molar-refractivity contribution in [1.29, 1.82) is 0 Å². The standard InChI is InChI=1S/C25H30N2O3/c28-24(27-15-7-12-20-10-4-5-14-23(20)27)18-30-22-13-6-11-21(16-22)25(29)26-17-19-8-2-1-3-9-19/h1-3,6,8-9,11,13,16,20,23H,4-5,7,10,12,14-15,17-18H2,(H,26,29)/t20-,23+/m0/s1. The van der Waals surface area contributed by atoms with E-state index in [0.717, 1.165) is 24.9 Å². The zero-order valence-electron chi connectivity index (χ0n) is 17.4. The van der Waals surface area contributed by atoms with Crippen molar-refractivity contribution in [1.82, 2.24) is 10.2 Å². The van der Waals surface area contributed by atoms with Crippen LogP contribution in [-0.4, -0.2) is 35.9 Å². The molecular formula is C25H30N2O3. The number of nitrogens with one attached hydrogen (secondary N) is 1. The highest BCUT2D eigenvalue weighted by Gasteiger charge is 2.35. The van der Waals surface area contributed by atoms with E-state index in [9.17, 15) is 9.59 Å². The Kier molecular flexibility index (Phi) is 6.67. The molecular weight excluding hydrogens is 376 g/mol. The van der Waals surface area contributed by atoms with Gasteiger partial charge in [-0.3, -0.25) is 9.59 Å². The number of likely N-dealkylation sites (tertiary alicyclic amines) is 1. The van der Waals surface area contributed by atoms with Gasteiger partial charge in [-0.15, -0.1) is 0 Å². The fourth-order valence-corrected chi connectivity index (χ4v) is 4.77. The first-order valence-corrected chi connectivity index (χ1v) is 11.0. The first-order valence-electron chi connectivity index (χ1n) is 11.0. The van der Waals surface area contributed by atoms with Crippen LogP contribution in [-0.2, 0) is 11.3 Å². The number of amides is 2. The molecule has 5 heteroatoms. The summed E-state index contributed by atoms with van der Waals surface area (Å²) in [5.74, 6) is 1.11. The van der Waals surface area contributed by atoms with Gasteiger partial charge in [0.2, 0.25) is 0 Å². The summed E-state index contributed by atoms with van der Waals surface area (Å²) in [7, 11) is 0. The molecule has 0 radical (unpaired) electrons. The van der Waals surface area contributed by atoms with Crippen molar-refractivity contribution in [2.24, 2.45) is 5.92 Å². The molecule has 1 saturated carbocycles. The highest BCUT2D eigenvalue weighted by Crippen LogP contribution is 2.35. The minimum absolute atomic E-state index is 0.0261. The molecule has 5 nitrogen and oxygen atoms in total. The summed E-state index contributed by atoms with van der Waals surface area (Å²) in [5.41, 5.74) is 1.58. The van der Waals surface area contributed by atoms with Gasteiger partial charge in [-0.05, 0) is 55.4 Å². The SMILES string of the molecule is O=C(NCc1ccccc1)c1cccc(OCC(=O)N2CCC[C@@H]3CCCC[C@H]32)c1. The van der Waals surface area contributed by atoms with Crippen LogP contribution in [0.15, 0.2) is 54.6 Å². The van der Waals surface area contributed by atoms with Gasteiger partial charge in [0, 0.05) is 24.7 Å². The number of carbonyl (C=O) groups is 2. The summed E-state index contributed by atoms with van der Waals surface area (Å²) in [4.78, 5) is 27.3. The van der Waals surface area contributed by atoms with Crippen LogP contribution in [0.4, 0.5) is 0 Å². The van der Waals surface area contributed by atoms with Crippen molar-refractivity contribution in [3.63, 3.8) is 0 Å². The van der Waals surface area contributed by atoms with Gasteiger partial charge < -0.3 is 15.0 Å². The number of fused-ring (bicyclic) bond motifs is 1. The third-order valence-electron chi connectivity index (χ3n) is 6.32. The molecule has 4 rings (SSSR count). The summed E-state index contributed by atoms with van der Waals surface area (Å²) in [6, 6.07) is 17.2. The molecule has 30 heavy (non-hydrogen) atoms. The molecule has 1 aliphatic heterocycles. The van der Waals surface area contributed by atoms with E-state index in [0.29, 0.717) is 29.8 Å². The highest BCUT2D eigenvalue weighted by molar-refractivity contribution is 5.94. The molecule has 158 valence electrons. The topological polar surface area (TPSA) is 58.6 Å². The van der Waals surface area contributed by atoms with E-state index in [2.05, 4.69) is 5.32 Å². The molecule has 0 aromatic heterocycles. The van der Waals surface area contributed by atoms with E-state index in [1.165, 1.54) is 25.7 Å². The van der Waals surface area contributed by atoms with Gasteiger partial charge in [0.1, 0.15) is 5.75 Å². The van der Waals surface area contributed by atoms with Crippen LogP contribution in [0.1, 0.15) is 54.4 Å². The van der Waals surface area contributed by atoms with Gasteiger partial charge in [0.05, 0.1) is 0 Å². The maximum absolute atomic E-state index is 12.8. The molecule has 2 fully saturated rings. The van der Waals surface area contributed by atoms with Gasteiger partial charge >= 0.3 is 0 Å². The molecule has 2 aromatic carbocycles. The minimum atomic E-state index is -0.156. The Morgan fingerprint density at radius 2 is 1.77 bits per heavy atom. The molecule has 2 aromatic rings. The Morgan fingerprint density at radius 3 is 2.63 bits per heavy atom. The van der Waals surface area contributed by atoms with Crippen LogP contribution in [0, 0.1) is 5.92 Å². The van der Waals surface area contributed by atoms with Crippen LogP contribution in [0.25, 0.3) is 0 Å². The van der Waals surface area contributed by atoms with Crippen LogP contribution in [0.2, 0.25) is 0 Å². The summed E-state index contributed by atoms with van der Waals surface area (Å²) < 4.78 is 5.78.